The number of aromatic nitrogens is 2. The van der Waals surface area contributed by atoms with Gasteiger partial charge in [-0.1, -0.05) is 37.3 Å². The summed E-state index contributed by atoms with van der Waals surface area (Å²) >= 11 is 0. The first-order valence-corrected chi connectivity index (χ1v) is 12.7. The minimum Gasteiger partial charge on any atom is -0.406 e. The van der Waals surface area contributed by atoms with Gasteiger partial charge in [-0.15, -0.1) is 13.2 Å². The maximum absolute atomic E-state index is 13.0. The van der Waals surface area contributed by atoms with Gasteiger partial charge < -0.3 is 15.0 Å². The molecular formula is C29H29F3N4O2. The second kappa shape index (κ2) is 10.8. The summed E-state index contributed by atoms with van der Waals surface area (Å²) in [6.45, 7) is 4.12. The molecule has 2 aromatic carbocycles. The standard InChI is InChI=1S/C29H29F3N4O2/c1-2-25-27(36-16-4-3-5-26(36)34-25)28(37)33-19-20-6-10-23(11-7-20)35-17-14-22(15-18-35)21-8-12-24(13-9-21)38-29(30,31)32/h3-13,16,22H,2,14-15,17-19H2,1H3,(H,33,37). The summed E-state index contributed by atoms with van der Waals surface area (Å²) in [4.78, 5) is 19.9. The van der Waals surface area contributed by atoms with E-state index in [0.717, 1.165) is 54.1 Å². The summed E-state index contributed by atoms with van der Waals surface area (Å²) in [5, 5.41) is 3.02. The fourth-order valence-electron chi connectivity index (χ4n) is 5.03. The number of anilines is 1. The van der Waals surface area contributed by atoms with E-state index in [0.29, 0.717) is 24.6 Å². The van der Waals surface area contributed by atoms with E-state index < -0.39 is 6.36 Å². The average molecular weight is 523 g/mol. The Morgan fingerprint density at radius 3 is 2.39 bits per heavy atom. The second-order valence-corrected chi connectivity index (χ2v) is 9.42. The fraction of sp³-hybridized carbons (Fsp3) is 0.310. The Morgan fingerprint density at radius 2 is 1.74 bits per heavy atom. The molecule has 1 aliphatic heterocycles. The Hall–Kier alpha value is -4.01. The van der Waals surface area contributed by atoms with Crippen molar-refractivity contribution in [3.05, 3.63) is 95.4 Å². The van der Waals surface area contributed by atoms with Crippen molar-refractivity contribution in [3.8, 4) is 5.75 Å². The van der Waals surface area contributed by atoms with Crippen molar-refractivity contribution in [1.82, 2.24) is 14.7 Å². The molecule has 5 rings (SSSR count). The van der Waals surface area contributed by atoms with E-state index in [1.165, 1.54) is 12.1 Å². The molecule has 4 aromatic rings. The molecule has 1 aliphatic rings. The highest BCUT2D eigenvalue weighted by atomic mass is 19.4. The van der Waals surface area contributed by atoms with Crippen LogP contribution >= 0.6 is 0 Å². The van der Waals surface area contributed by atoms with Gasteiger partial charge in [-0.25, -0.2) is 4.98 Å². The summed E-state index contributed by atoms with van der Waals surface area (Å²) in [5.41, 5.74) is 5.26. The van der Waals surface area contributed by atoms with Crippen LogP contribution < -0.4 is 15.0 Å². The summed E-state index contributed by atoms with van der Waals surface area (Å²) in [5.74, 6) is -0.0441. The number of imidazole rings is 1. The van der Waals surface area contributed by atoms with Crippen LogP contribution in [0.4, 0.5) is 18.9 Å². The Balaban J connectivity index is 1.15. The number of halogens is 3. The molecule has 6 nitrogen and oxygen atoms in total. The SMILES string of the molecule is CCc1nc2ccccn2c1C(=O)NCc1ccc(N2CCC(c3ccc(OC(F)(F)F)cc3)CC2)cc1. The molecular weight excluding hydrogens is 493 g/mol. The van der Waals surface area contributed by atoms with E-state index in [2.05, 4.69) is 32.1 Å². The van der Waals surface area contributed by atoms with Crippen LogP contribution in [0, 0.1) is 0 Å². The highest BCUT2D eigenvalue weighted by Gasteiger charge is 2.31. The highest BCUT2D eigenvalue weighted by Crippen LogP contribution is 2.32. The van der Waals surface area contributed by atoms with Crippen LogP contribution in [0.25, 0.3) is 5.65 Å². The Bertz CT molecular complexity index is 1390. The van der Waals surface area contributed by atoms with Gasteiger partial charge >= 0.3 is 6.36 Å². The van der Waals surface area contributed by atoms with Crippen LogP contribution in [0.1, 0.15) is 53.0 Å². The molecule has 0 radical (unpaired) electrons. The lowest BCUT2D eigenvalue weighted by Gasteiger charge is -2.34. The topological polar surface area (TPSA) is 58.9 Å². The smallest absolute Gasteiger partial charge is 0.406 e. The number of alkyl halides is 3. The number of amides is 1. The van der Waals surface area contributed by atoms with Gasteiger partial charge in [0.05, 0.1) is 5.69 Å². The molecule has 9 heteroatoms. The molecule has 0 spiro atoms. The van der Waals surface area contributed by atoms with Crippen molar-refractivity contribution in [3.63, 3.8) is 0 Å². The number of piperidine rings is 1. The van der Waals surface area contributed by atoms with Gasteiger partial charge in [0, 0.05) is 31.5 Å². The quantitative estimate of drug-likeness (QED) is 0.318. The third kappa shape index (κ3) is 5.77. The molecule has 198 valence electrons. The number of benzene rings is 2. The van der Waals surface area contributed by atoms with Gasteiger partial charge in [0.1, 0.15) is 17.1 Å². The van der Waals surface area contributed by atoms with Crippen LogP contribution in [0.5, 0.6) is 5.75 Å². The molecule has 2 aromatic heterocycles. The summed E-state index contributed by atoms with van der Waals surface area (Å²) in [7, 11) is 0. The van der Waals surface area contributed by atoms with Gasteiger partial charge in [-0.2, -0.15) is 0 Å². The van der Waals surface area contributed by atoms with Crippen molar-refractivity contribution in [2.24, 2.45) is 0 Å². The third-order valence-electron chi connectivity index (χ3n) is 6.99. The number of hydrogen-bond donors (Lipinski definition) is 1. The number of aryl methyl sites for hydroxylation is 1. The van der Waals surface area contributed by atoms with Crippen LogP contribution in [0.2, 0.25) is 0 Å². The van der Waals surface area contributed by atoms with Gasteiger partial charge in [-0.3, -0.25) is 9.20 Å². The molecule has 0 bridgehead atoms. The van der Waals surface area contributed by atoms with Crippen LogP contribution in [-0.4, -0.2) is 34.7 Å². The molecule has 1 N–H and O–H groups in total. The van der Waals surface area contributed by atoms with Crippen molar-refractivity contribution in [1.29, 1.82) is 0 Å². The maximum atomic E-state index is 13.0. The molecule has 1 fully saturated rings. The first kappa shape index (κ1) is 25.6. The summed E-state index contributed by atoms with van der Waals surface area (Å²) < 4.78 is 43.0. The minimum atomic E-state index is -4.68. The van der Waals surface area contributed by atoms with E-state index in [9.17, 15) is 18.0 Å². The average Bonchev–Trinajstić information content (AvgIpc) is 3.31. The largest absolute Gasteiger partial charge is 0.573 e. The van der Waals surface area contributed by atoms with E-state index in [4.69, 9.17) is 0 Å². The molecule has 0 atom stereocenters. The molecule has 1 saturated heterocycles. The molecule has 0 aliphatic carbocycles. The van der Waals surface area contributed by atoms with Gasteiger partial charge in [0.15, 0.2) is 0 Å². The lowest BCUT2D eigenvalue weighted by atomic mass is 9.89. The van der Waals surface area contributed by atoms with E-state index in [-0.39, 0.29) is 11.7 Å². The summed E-state index contributed by atoms with van der Waals surface area (Å²) in [6.07, 6.45) is -0.326. The van der Waals surface area contributed by atoms with Crippen molar-refractivity contribution in [2.45, 2.75) is 45.0 Å². The fourth-order valence-corrected chi connectivity index (χ4v) is 5.03. The second-order valence-electron chi connectivity index (χ2n) is 9.42. The first-order chi connectivity index (χ1) is 18.3. The number of fused-ring (bicyclic) bond motifs is 1. The lowest BCUT2D eigenvalue weighted by Crippen LogP contribution is -2.32. The van der Waals surface area contributed by atoms with Crippen molar-refractivity contribution < 1.29 is 22.7 Å². The predicted molar refractivity (Wildman–Crippen MR) is 139 cm³/mol. The number of carbonyl (C=O) groups excluding carboxylic acids is 1. The predicted octanol–water partition coefficient (Wildman–Crippen LogP) is 6.11. The van der Waals surface area contributed by atoms with E-state index in [1.54, 1.807) is 12.1 Å². The highest BCUT2D eigenvalue weighted by molar-refractivity contribution is 5.94. The Labute approximate surface area is 219 Å². The zero-order chi connectivity index (χ0) is 26.7. The van der Waals surface area contributed by atoms with E-state index >= 15 is 0 Å². The van der Waals surface area contributed by atoms with Crippen molar-refractivity contribution in [2.75, 3.05) is 18.0 Å². The Kier molecular flexibility index (Phi) is 7.26. The van der Waals surface area contributed by atoms with Gasteiger partial charge in [0.2, 0.25) is 0 Å². The van der Waals surface area contributed by atoms with Crippen LogP contribution in [-0.2, 0) is 13.0 Å². The molecule has 1 amide bonds. The summed E-state index contributed by atoms with van der Waals surface area (Å²) in [6, 6.07) is 20.1. The zero-order valence-electron chi connectivity index (χ0n) is 21.0. The first-order valence-electron chi connectivity index (χ1n) is 12.7. The van der Waals surface area contributed by atoms with Crippen LogP contribution in [0.15, 0.2) is 72.9 Å². The molecule has 38 heavy (non-hydrogen) atoms. The maximum Gasteiger partial charge on any atom is 0.573 e. The number of pyridine rings is 1. The number of nitrogens with one attached hydrogen (secondary N) is 1. The number of hydrogen-bond acceptors (Lipinski definition) is 4. The van der Waals surface area contributed by atoms with Gasteiger partial charge in [0.25, 0.3) is 5.91 Å². The molecule has 0 unspecified atom stereocenters. The lowest BCUT2D eigenvalue weighted by molar-refractivity contribution is -0.274. The number of carbonyl (C=O) groups is 1. The number of rotatable bonds is 7. The normalized spacial score (nSPS) is 14.6. The van der Waals surface area contributed by atoms with Gasteiger partial charge in [-0.05, 0) is 72.7 Å². The third-order valence-corrected chi connectivity index (χ3v) is 6.99. The molecule has 3 heterocycles. The number of ether oxygens (including phenoxy) is 1. The zero-order valence-corrected chi connectivity index (χ0v) is 21.0. The van der Waals surface area contributed by atoms with Crippen LogP contribution in [0.3, 0.4) is 0 Å². The number of nitrogens with zero attached hydrogens (tertiary/aromatic N) is 3. The van der Waals surface area contributed by atoms with E-state index in [1.807, 2.05) is 47.9 Å². The minimum absolute atomic E-state index is 0.148. The Morgan fingerprint density at radius 1 is 1.03 bits per heavy atom. The monoisotopic (exact) mass is 522 g/mol. The van der Waals surface area contributed by atoms with Crippen molar-refractivity contribution >= 4 is 17.2 Å². The molecule has 0 saturated carbocycles.